The summed E-state index contributed by atoms with van der Waals surface area (Å²) in [6, 6.07) is 0. The fraction of sp³-hybridized carbons (Fsp3) is 0.700. The van der Waals surface area contributed by atoms with Crippen molar-refractivity contribution < 1.29 is 9.90 Å². The highest BCUT2D eigenvalue weighted by Gasteiger charge is 2.10. The Labute approximate surface area is 84.6 Å². The molecule has 14 heavy (non-hydrogen) atoms. The van der Waals surface area contributed by atoms with Crippen molar-refractivity contribution >= 4 is 5.97 Å². The molecule has 0 bridgehead atoms. The van der Waals surface area contributed by atoms with Crippen LogP contribution in [0.2, 0.25) is 0 Å². The molecule has 80 valence electrons. The highest BCUT2D eigenvalue weighted by atomic mass is 16.4. The van der Waals surface area contributed by atoms with Crippen LogP contribution in [0, 0.1) is 0 Å². The van der Waals surface area contributed by atoms with Gasteiger partial charge in [0.25, 0.3) is 0 Å². The van der Waals surface area contributed by atoms with E-state index >= 15 is 0 Å². The van der Waals surface area contributed by atoms with Crippen molar-refractivity contribution in [2.45, 2.75) is 12.8 Å². The van der Waals surface area contributed by atoms with Gasteiger partial charge in [-0.1, -0.05) is 6.58 Å². The number of likely N-dealkylation sites (tertiary alicyclic amines) is 1. The van der Waals surface area contributed by atoms with Gasteiger partial charge in [-0.05, 0) is 25.9 Å². The molecular weight excluding hydrogens is 180 g/mol. The Balaban J connectivity index is 1.98. The first-order valence-corrected chi connectivity index (χ1v) is 5.04. The molecule has 0 aromatic heterocycles. The van der Waals surface area contributed by atoms with E-state index in [0.29, 0.717) is 6.54 Å². The summed E-state index contributed by atoms with van der Waals surface area (Å²) in [5.41, 5.74) is 0.228. The Morgan fingerprint density at radius 3 is 2.64 bits per heavy atom. The van der Waals surface area contributed by atoms with E-state index in [1.54, 1.807) is 0 Å². The molecule has 1 fully saturated rings. The highest BCUT2D eigenvalue weighted by Crippen LogP contribution is 2.05. The predicted molar refractivity (Wildman–Crippen MR) is 55.3 cm³/mol. The second-order valence-corrected chi connectivity index (χ2v) is 3.63. The largest absolute Gasteiger partial charge is 0.478 e. The maximum atomic E-state index is 10.4. The lowest BCUT2D eigenvalue weighted by molar-refractivity contribution is -0.132. The minimum absolute atomic E-state index is 0.228. The molecule has 1 heterocycles. The molecule has 4 nitrogen and oxygen atoms in total. The molecule has 1 aliphatic heterocycles. The lowest BCUT2D eigenvalue weighted by Crippen LogP contribution is -2.31. The Morgan fingerprint density at radius 1 is 1.43 bits per heavy atom. The van der Waals surface area contributed by atoms with Crippen LogP contribution < -0.4 is 5.32 Å². The number of hydrogen-bond acceptors (Lipinski definition) is 3. The van der Waals surface area contributed by atoms with Crippen LogP contribution >= 0.6 is 0 Å². The summed E-state index contributed by atoms with van der Waals surface area (Å²) >= 11 is 0. The molecule has 0 amide bonds. The summed E-state index contributed by atoms with van der Waals surface area (Å²) < 4.78 is 0. The van der Waals surface area contributed by atoms with Gasteiger partial charge in [0.05, 0.1) is 0 Å². The molecule has 0 aromatic carbocycles. The maximum Gasteiger partial charge on any atom is 0.332 e. The van der Waals surface area contributed by atoms with E-state index in [2.05, 4.69) is 16.8 Å². The first kappa shape index (κ1) is 11.2. The van der Waals surface area contributed by atoms with Crippen molar-refractivity contribution in [3.8, 4) is 0 Å². The van der Waals surface area contributed by atoms with Crippen molar-refractivity contribution in [2.24, 2.45) is 0 Å². The minimum atomic E-state index is -0.918. The quantitative estimate of drug-likeness (QED) is 0.476. The Kier molecular flexibility index (Phi) is 4.62. The Bertz CT molecular complexity index is 210. The molecule has 2 N–H and O–H groups in total. The van der Waals surface area contributed by atoms with Crippen LogP contribution in [0.3, 0.4) is 0 Å². The van der Waals surface area contributed by atoms with E-state index in [0.717, 1.165) is 13.1 Å². The zero-order chi connectivity index (χ0) is 10.4. The van der Waals surface area contributed by atoms with Crippen LogP contribution in [0.5, 0.6) is 0 Å². The molecule has 1 aliphatic rings. The minimum Gasteiger partial charge on any atom is -0.478 e. The van der Waals surface area contributed by atoms with Crippen molar-refractivity contribution in [3.63, 3.8) is 0 Å². The van der Waals surface area contributed by atoms with Gasteiger partial charge in [0, 0.05) is 25.2 Å². The van der Waals surface area contributed by atoms with Crippen molar-refractivity contribution in [1.82, 2.24) is 10.2 Å². The van der Waals surface area contributed by atoms with E-state index in [4.69, 9.17) is 5.11 Å². The van der Waals surface area contributed by atoms with Crippen LogP contribution in [0.1, 0.15) is 12.8 Å². The average Bonchev–Trinajstić information content (AvgIpc) is 2.64. The number of carboxylic acids is 1. The van der Waals surface area contributed by atoms with Crippen molar-refractivity contribution in [1.29, 1.82) is 0 Å². The lowest BCUT2D eigenvalue weighted by Gasteiger charge is -2.14. The summed E-state index contributed by atoms with van der Waals surface area (Å²) in [4.78, 5) is 12.8. The smallest absolute Gasteiger partial charge is 0.332 e. The summed E-state index contributed by atoms with van der Waals surface area (Å²) in [6.07, 6.45) is 2.59. The zero-order valence-electron chi connectivity index (χ0n) is 8.46. The molecule has 0 atom stereocenters. The summed E-state index contributed by atoms with van der Waals surface area (Å²) in [7, 11) is 0. The van der Waals surface area contributed by atoms with E-state index in [-0.39, 0.29) is 5.57 Å². The van der Waals surface area contributed by atoms with Gasteiger partial charge in [-0.3, -0.25) is 0 Å². The SMILES string of the molecule is C=C(CNCCN1CCCC1)C(=O)O. The molecule has 1 rings (SSSR count). The highest BCUT2D eigenvalue weighted by molar-refractivity contribution is 5.86. The third-order valence-corrected chi connectivity index (χ3v) is 2.44. The number of aliphatic carboxylic acids is 1. The fourth-order valence-corrected chi connectivity index (χ4v) is 1.56. The molecule has 0 aliphatic carbocycles. The third-order valence-electron chi connectivity index (χ3n) is 2.44. The van der Waals surface area contributed by atoms with E-state index < -0.39 is 5.97 Å². The van der Waals surface area contributed by atoms with Crippen LogP contribution in [0.4, 0.5) is 0 Å². The van der Waals surface area contributed by atoms with Crippen molar-refractivity contribution in [2.75, 3.05) is 32.7 Å². The van der Waals surface area contributed by atoms with Crippen LogP contribution in [0.25, 0.3) is 0 Å². The molecule has 4 heteroatoms. The van der Waals surface area contributed by atoms with Crippen molar-refractivity contribution in [3.05, 3.63) is 12.2 Å². The molecule has 0 saturated carbocycles. The van der Waals surface area contributed by atoms with E-state index in [1.165, 1.54) is 25.9 Å². The van der Waals surface area contributed by atoms with Gasteiger partial charge in [0.15, 0.2) is 0 Å². The number of carbonyl (C=O) groups is 1. The third kappa shape index (κ3) is 3.89. The normalized spacial score (nSPS) is 17.1. The number of hydrogen-bond donors (Lipinski definition) is 2. The standard InChI is InChI=1S/C10H18N2O2/c1-9(10(13)14)8-11-4-7-12-5-2-3-6-12/h11H,1-8H2,(H,13,14). The topological polar surface area (TPSA) is 52.6 Å². The second kappa shape index (κ2) is 5.78. The van der Waals surface area contributed by atoms with Gasteiger partial charge in [-0.15, -0.1) is 0 Å². The molecule has 0 radical (unpaired) electrons. The average molecular weight is 198 g/mol. The van der Waals surface area contributed by atoms with Crippen LogP contribution in [0.15, 0.2) is 12.2 Å². The Hall–Kier alpha value is -0.870. The maximum absolute atomic E-state index is 10.4. The predicted octanol–water partition coefficient (Wildman–Crippen LogP) is 0.313. The molecule has 0 aromatic rings. The number of rotatable bonds is 6. The zero-order valence-corrected chi connectivity index (χ0v) is 8.46. The number of nitrogens with one attached hydrogen (secondary N) is 1. The van der Waals surface area contributed by atoms with E-state index in [9.17, 15) is 4.79 Å². The van der Waals surface area contributed by atoms with Gasteiger partial charge < -0.3 is 15.3 Å². The summed E-state index contributed by atoms with van der Waals surface area (Å²) in [5.74, 6) is -0.918. The van der Waals surface area contributed by atoms with Gasteiger partial charge in [0.1, 0.15) is 0 Å². The molecule has 1 saturated heterocycles. The second-order valence-electron chi connectivity index (χ2n) is 3.63. The molecular formula is C10H18N2O2. The van der Waals surface area contributed by atoms with Gasteiger partial charge in [-0.25, -0.2) is 4.79 Å². The van der Waals surface area contributed by atoms with Gasteiger partial charge >= 0.3 is 5.97 Å². The van der Waals surface area contributed by atoms with Gasteiger partial charge in [-0.2, -0.15) is 0 Å². The Morgan fingerprint density at radius 2 is 2.07 bits per heavy atom. The first-order chi connectivity index (χ1) is 6.70. The monoisotopic (exact) mass is 198 g/mol. The molecule has 0 spiro atoms. The van der Waals surface area contributed by atoms with Gasteiger partial charge in [0.2, 0.25) is 0 Å². The molecule has 0 unspecified atom stereocenters. The number of nitrogens with zero attached hydrogens (tertiary/aromatic N) is 1. The van der Waals surface area contributed by atoms with Crippen LogP contribution in [-0.2, 0) is 4.79 Å². The van der Waals surface area contributed by atoms with Crippen LogP contribution in [-0.4, -0.2) is 48.7 Å². The summed E-state index contributed by atoms with van der Waals surface area (Å²) in [6.45, 7) is 8.04. The number of carboxylic acid groups (broad SMARTS) is 1. The van der Waals surface area contributed by atoms with E-state index in [1.807, 2.05) is 0 Å². The lowest BCUT2D eigenvalue weighted by atomic mass is 10.3. The summed E-state index contributed by atoms with van der Waals surface area (Å²) in [5, 5.41) is 11.6. The fourth-order valence-electron chi connectivity index (χ4n) is 1.56. The first-order valence-electron chi connectivity index (χ1n) is 5.04.